The van der Waals surface area contributed by atoms with Crippen molar-refractivity contribution in [2.24, 2.45) is 16.6 Å². The van der Waals surface area contributed by atoms with Gasteiger partial charge in [0.25, 0.3) is 0 Å². The number of hydrogen-bond acceptors (Lipinski definition) is 4. The summed E-state index contributed by atoms with van der Waals surface area (Å²) in [5.41, 5.74) is 5.68. The number of halogens is 1. The molecule has 1 aromatic rings. The van der Waals surface area contributed by atoms with E-state index in [1.54, 1.807) is 26.0 Å². The van der Waals surface area contributed by atoms with Crippen LogP contribution in [0.5, 0.6) is 0 Å². The molecule has 0 saturated heterocycles. The Hall–Kier alpha value is -2.62. The molecule has 0 aromatic heterocycles. The van der Waals surface area contributed by atoms with Crippen molar-refractivity contribution >= 4 is 17.6 Å². The van der Waals surface area contributed by atoms with Gasteiger partial charge in [0.1, 0.15) is 5.82 Å². The quantitative estimate of drug-likeness (QED) is 0.613. The summed E-state index contributed by atoms with van der Waals surface area (Å²) >= 11 is 0. The number of aliphatic imine (C=N–C) groups is 1. The second-order valence-corrected chi connectivity index (χ2v) is 7.43. The Bertz CT molecular complexity index is 768. The molecule has 1 aliphatic carbocycles. The van der Waals surface area contributed by atoms with Crippen LogP contribution in [-0.2, 0) is 10.2 Å². The predicted octanol–water partition coefficient (Wildman–Crippen LogP) is 3.00. The number of nitrogens with one attached hydrogen (secondary N) is 1. The summed E-state index contributed by atoms with van der Waals surface area (Å²) in [4.78, 5) is 18.2. The van der Waals surface area contributed by atoms with Crippen LogP contribution in [-0.4, -0.2) is 36.4 Å². The molecular weight excluding hydrogens is 345 g/mol. The Balaban J connectivity index is 2.29. The minimum atomic E-state index is -1.13. The van der Waals surface area contributed by atoms with E-state index < -0.39 is 11.2 Å². The number of carbonyl (C=O) groups excluding carboxylic acids is 1. The normalized spacial score (nSPS) is 20.2. The summed E-state index contributed by atoms with van der Waals surface area (Å²) in [5, 5.41) is 12.6. The molecule has 2 rings (SSSR count). The van der Waals surface area contributed by atoms with E-state index >= 15 is 0 Å². The molecule has 3 N–H and O–H groups in total. The zero-order valence-electron chi connectivity index (χ0n) is 16.4. The summed E-state index contributed by atoms with van der Waals surface area (Å²) in [6.45, 7) is 5.61. The molecule has 6 nitrogen and oxygen atoms in total. The van der Waals surface area contributed by atoms with Gasteiger partial charge >= 0.3 is 0 Å². The fourth-order valence-corrected chi connectivity index (χ4v) is 3.50. The van der Waals surface area contributed by atoms with E-state index in [2.05, 4.69) is 16.4 Å². The highest BCUT2D eigenvalue weighted by Crippen LogP contribution is 2.32. The molecule has 2 atom stereocenters. The Morgan fingerprint density at radius 1 is 1.48 bits per heavy atom. The maximum atomic E-state index is 14.6. The molecule has 1 aromatic carbocycles. The number of likely N-dealkylation sites (N-methyl/N-ethyl adjacent to an activating group) is 1. The minimum absolute atomic E-state index is 0.0436. The van der Waals surface area contributed by atoms with Crippen molar-refractivity contribution in [2.45, 2.75) is 51.5 Å². The third-order valence-corrected chi connectivity index (χ3v) is 5.18. The highest BCUT2D eigenvalue weighted by atomic mass is 19.1. The van der Waals surface area contributed by atoms with Crippen LogP contribution in [0.2, 0.25) is 0 Å². The van der Waals surface area contributed by atoms with Gasteiger partial charge in [-0.2, -0.15) is 5.26 Å². The number of nitriles is 1. The topological polar surface area (TPSA) is 94.5 Å². The maximum absolute atomic E-state index is 14.6. The summed E-state index contributed by atoms with van der Waals surface area (Å²) in [5.74, 6) is -0.747. The van der Waals surface area contributed by atoms with Gasteiger partial charge in [-0.25, -0.2) is 4.39 Å². The van der Waals surface area contributed by atoms with Crippen molar-refractivity contribution in [1.29, 1.82) is 5.26 Å². The molecule has 1 saturated carbocycles. The van der Waals surface area contributed by atoms with Crippen LogP contribution >= 0.6 is 0 Å². The van der Waals surface area contributed by atoms with Crippen molar-refractivity contribution < 1.29 is 9.18 Å². The van der Waals surface area contributed by atoms with Gasteiger partial charge in [0.05, 0.1) is 17.4 Å². The van der Waals surface area contributed by atoms with Gasteiger partial charge in [-0.05, 0) is 58.2 Å². The van der Waals surface area contributed by atoms with Gasteiger partial charge in [-0.15, -0.1) is 0 Å². The number of guanidine groups is 1. The molecule has 146 valence electrons. The van der Waals surface area contributed by atoms with Crippen LogP contribution in [0, 0.1) is 23.1 Å². The molecule has 27 heavy (non-hydrogen) atoms. The second kappa shape index (κ2) is 8.38. The number of carbonyl (C=O) groups is 1. The van der Waals surface area contributed by atoms with Crippen molar-refractivity contribution in [1.82, 2.24) is 4.90 Å². The van der Waals surface area contributed by atoms with Crippen LogP contribution in [0.25, 0.3) is 0 Å². The molecule has 0 heterocycles. The first kappa shape index (κ1) is 20.7. The lowest BCUT2D eigenvalue weighted by molar-refractivity contribution is -0.131. The number of anilines is 1. The van der Waals surface area contributed by atoms with E-state index in [9.17, 15) is 14.4 Å². The molecule has 0 aliphatic heterocycles. The lowest BCUT2D eigenvalue weighted by atomic mass is 9.82. The van der Waals surface area contributed by atoms with Gasteiger partial charge in [0.15, 0.2) is 5.96 Å². The maximum Gasteiger partial charge on any atom is 0.239 e. The average molecular weight is 373 g/mol. The smallest absolute Gasteiger partial charge is 0.239 e. The predicted molar refractivity (Wildman–Crippen MR) is 105 cm³/mol. The molecule has 2 unspecified atom stereocenters. The van der Waals surface area contributed by atoms with Crippen LogP contribution in [0.15, 0.2) is 23.2 Å². The summed E-state index contributed by atoms with van der Waals surface area (Å²) in [6.07, 6.45) is 2.77. The number of amides is 1. The number of nitrogens with two attached hydrogens (primary N) is 1. The molecule has 0 spiro atoms. The Morgan fingerprint density at radius 3 is 2.81 bits per heavy atom. The lowest BCUT2D eigenvalue weighted by Crippen LogP contribution is -2.47. The first-order valence-electron chi connectivity index (χ1n) is 9.26. The van der Waals surface area contributed by atoms with Gasteiger partial charge in [0.2, 0.25) is 5.91 Å². The number of hydrogen-bond donors (Lipinski definition) is 2. The van der Waals surface area contributed by atoms with E-state index in [0.717, 1.165) is 19.3 Å². The van der Waals surface area contributed by atoms with Crippen LogP contribution in [0.4, 0.5) is 10.1 Å². The molecule has 0 bridgehead atoms. The standard InChI is InChI=1S/C20H28FN5O/c1-5-24-19(23)26(4)18(27)20(2,3)15-11-14(9-10-16(15)21)25-17-8-6-7-13(17)12-22/h9-11,13,17,25H,5-8H2,1-4H3,(H2,23,24). The highest BCUT2D eigenvalue weighted by molar-refractivity contribution is 6.00. The first-order valence-corrected chi connectivity index (χ1v) is 9.26. The van der Waals surface area contributed by atoms with Crippen LogP contribution in [0.1, 0.15) is 45.6 Å². The molecule has 1 fully saturated rings. The van der Waals surface area contributed by atoms with Gasteiger partial charge in [-0.1, -0.05) is 0 Å². The van der Waals surface area contributed by atoms with Gasteiger partial charge < -0.3 is 11.1 Å². The number of benzene rings is 1. The fourth-order valence-electron chi connectivity index (χ4n) is 3.50. The van der Waals surface area contributed by atoms with Gasteiger partial charge in [0, 0.05) is 30.9 Å². The van der Waals surface area contributed by atoms with E-state index in [4.69, 9.17) is 5.73 Å². The van der Waals surface area contributed by atoms with E-state index in [1.807, 2.05) is 6.92 Å². The van der Waals surface area contributed by atoms with E-state index in [-0.39, 0.29) is 29.4 Å². The zero-order chi connectivity index (χ0) is 20.2. The Labute approximate surface area is 160 Å². The third-order valence-electron chi connectivity index (χ3n) is 5.18. The second-order valence-electron chi connectivity index (χ2n) is 7.43. The van der Waals surface area contributed by atoms with Crippen molar-refractivity contribution in [3.05, 3.63) is 29.6 Å². The minimum Gasteiger partial charge on any atom is -0.381 e. The number of nitrogens with zero attached hydrogens (tertiary/aromatic N) is 3. The summed E-state index contributed by atoms with van der Waals surface area (Å²) < 4.78 is 14.6. The van der Waals surface area contributed by atoms with Crippen molar-refractivity contribution in [2.75, 3.05) is 18.9 Å². The molecular formula is C20H28FN5O. The number of rotatable bonds is 5. The van der Waals surface area contributed by atoms with Crippen molar-refractivity contribution in [3.8, 4) is 6.07 Å². The first-order chi connectivity index (χ1) is 12.7. The van der Waals surface area contributed by atoms with E-state index in [0.29, 0.717) is 12.2 Å². The summed E-state index contributed by atoms with van der Waals surface area (Å²) in [7, 11) is 1.54. The largest absolute Gasteiger partial charge is 0.381 e. The molecule has 0 radical (unpaired) electrons. The SMILES string of the molecule is CCN=C(N)N(C)C(=O)C(C)(C)c1cc(NC2CCCC2C#N)ccc1F. The Kier molecular flexibility index (Phi) is 6.42. The van der Waals surface area contributed by atoms with Crippen molar-refractivity contribution in [3.63, 3.8) is 0 Å². The third kappa shape index (κ3) is 4.38. The Morgan fingerprint density at radius 2 is 2.19 bits per heavy atom. The van der Waals surface area contributed by atoms with Crippen LogP contribution < -0.4 is 11.1 Å². The molecule has 1 aliphatic rings. The molecule has 7 heteroatoms. The fraction of sp³-hybridized carbons (Fsp3) is 0.550. The molecule has 1 amide bonds. The van der Waals surface area contributed by atoms with Crippen LogP contribution in [0.3, 0.4) is 0 Å². The van der Waals surface area contributed by atoms with Gasteiger partial charge in [-0.3, -0.25) is 14.7 Å². The highest BCUT2D eigenvalue weighted by Gasteiger charge is 2.36. The zero-order valence-corrected chi connectivity index (χ0v) is 16.4. The van der Waals surface area contributed by atoms with E-state index in [1.165, 1.54) is 18.0 Å². The summed E-state index contributed by atoms with van der Waals surface area (Å²) in [6, 6.07) is 7.02. The lowest BCUT2D eigenvalue weighted by Gasteiger charge is -2.30. The monoisotopic (exact) mass is 373 g/mol. The average Bonchev–Trinajstić information content (AvgIpc) is 3.09.